The van der Waals surface area contributed by atoms with Gasteiger partial charge in [0.05, 0.1) is 0 Å². The van der Waals surface area contributed by atoms with Crippen LogP contribution in [0.1, 0.15) is 54.4 Å². The molecule has 0 aromatic carbocycles. The fraction of sp³-hybridized carbons (Fsp3) is 0.917. The molecule has 0 rings (SSSR count). The van der Waals surface area contributed by atoms with Gasteiger partial charge in [0.25, 0.3) is 0 Å². The first kappa shape index (κ1) is 13.5. The van der Waals surface area contributed by atoms with Crippen molar-refractivity contribution in [3.63, 3.8) is 0 Å². The maximum atomic E-state index is 11.0. The van der Waals surface area contributed by atoms with Crippen LogP contribution in [0.5, 0.6) is 0 Å². The van der Waals surface area contributed by atoms with E-state index in [2.05, 4.69) is 41.5 Å². The topological polar surface area (TPSA) is 20.3 Å². The molecule has 2 nitrogen and oxygen atoms in total. The molecule has 0 fully saturated rings. The average molecular weight is 199 g/mol. The van der Waals surface area contributed by atoms with Crippen LogP contribution in [0, 0.1) is 5.41 Å². The molecule has 0 aromatic rings. The first-order valence-electron chi connectivity index (χ1n) is 5.45. The largest absolute Gasteiger partial charge is 0.340 e. The smallest absolute Gasteiger partial charge is 0.210 e. The highest BCUT2D eigenvalue weighted by atomic mass is 16.1. The Kier molecular flexibility index (Phi) is 4.63. The minimum absolute atomic E-state index is 0.0627. The van der Waals surface area contributed by atoms with E-state index in [4.69, 9.17) is 0 Å². The molecule has 84 valence electrons. The molecular formula is C12H25NO. The predicted octanol–water partition coefficient (Wildman–Crippen LogP) is 3.07. The fourth-order valence-electron chi connectivity index (χ4n) is 1.65. The molecule has 0 aliphatic carbocycles. The highest BCUT2D eigenvalue weighted by molar-refractivity contribution is 5.48. The summed E-state index contributed by atoms with van der Waals surface area (Å²) in [6, 6.07) is 0. The van der Waals surface area contributed by atoms with Gasteiger partial charge < -0.3 is 4.90 Å². The van der Waals surface area contributed by atoms with Crippen molar-refractivity contribution < 1.29 is 4.79 Å². The van der Waals surface area contributed by atoms with Crippen molar-refractivity contribution in [2.24, 2.45) is 5.41 Å². The van der Waals surface area contributed by atoms with E-state index in [9.17, 15) is 4.79 Å². The Morgan fingerprint density at radius 3 is 1.93 bits per heavy atom. The standard InChI is InChI=1S/C12H25NO/c1-7-8-12(5,6)9-13(10-14)11(2,3)4/h10H,7-9H2,1-6H3. The molecule has 0 aromatic heterocycles. The number of hydrogen-bond donors (Lipinski definition) is 0. The van der Waals surface area contributed by atoms with Gasteiger partial charge in [-0.1, -0.05) is 27.2 Å². The number of carbonyl (C=O) groups is 1. The molecular weight excluding hydrogens is 174 g/mol. The van der Waals surface area contributed by atoms with Crippen molar-refractivity contribution in [1.29, 1.82) is 0 Å². The van der Waals surface area contributed by atoms with Gasteiger partial charge in [-0.2, -0.15) is 0 Å². The monoisotopic (exact) mass is 199 g/mol. The summed E-state index contributed by atoms with van der Waals surface area (Å²) in [6.07, 6.45) is 3.30. The molecule has 0 aliphatic rings. The number of amides is 1. The summed E-state index contributed by atoms with van der Waals surface area (Å²) in [5.41, 5.74) is 0.162. The van der Waals surface area contributed by atoms with Crippen LogP contribution in [0.2, 0.25) is 0 Å². The van der Waals surface area contributed by atoms with E-state index in [-0.39, 0.29) is 11.0 Å². The SMILES string of the molecule is CCCC(C)(C)CN(C=O)C(C)(C)C. The van der Waals surface area contributed by atoms with Crippen molar-refractivity contribution in [3.8, 4) is 0 Å². The third-order valence-corrected chi connectivity index (χ3v) is 2.51. The molecule has 0 heterocycles. The van der Waals surface area contributed by atoms with Crippen LogP contribution in [0.15, 0.2) is 0 Å². The summed E-state index contributed by atoms with van der Waals surface area (Å²) < 4.78 is 0. The molecule has 0 unspecified atom stereocenters. The van der Waals surface area contributed by atoms with Crippen molar-refractivity contribution in [3.05, 3.63) is 0 Å². The molecule has 0 atom stereocenters. The first-order chi connectivity index (χ1) is 6.23. The minimum atomic E-state index is -0.0627. The zero-order valence-corrected chi connectivity index (χ0v) is 10.6. The summed E-state index contributed by atoms with van der Waals surface area (Å²) in [5.74, 6) is 0. The number of nitrogens with zero attached hydrogens (tertiary/aromatic N) is 1. The second-order valence-corrected chi connectivity index (χ2v) is 5.82. The van der Waals surface area contributed by atoms with E-state index in [1.165, 1.54) is 6.42 Å². The Morgan fingerprint density at radius 1 is 1.14 bits per heavy atom. The summed E-state index contributed by atoms with van der Waals surface area (Å²) in [4.78, 5) is 12.9. The van der Waals surface area contributed by atoms with Gasteiger partial charge in [0.15, 0.2) is 0 Å². The summed E-state index contributed by atoms with van der Waals surface area (Å²) in [7, 11) is 0. The van der Waals surface area contributed by atoms with Crippen molar-refractivity contribution >= 4 is 6.41 Å². The summed E-state index contributed by atoms with van der Waals surface area (Å²) in [6.45, 7) is 13.7. The lowest BCUT2D eigenvalue weighted by molar-refractivity contribution is -0.124. The van der Waals surface area contributed by atoms with E-state index in [1.54, 1.807) is 0 Å². The molecule has 2 heteroatoms. The Labute approximate surface area is 88.7 Å². The molecule has 0 saturated carbocycles. The lowest BCUT2D eigenvalue weighted by atomic mass is 9.86. The van der Waals surface area contributed by atoms with E-state index >= 15 is 0 Å². The quantitative estimate of drug-likeness (QED) is 0.623. The highest BCUT2D eigenvalue weighted by Crippen LogP contribution is 2.26. The second kappa shape index (κ2) is 4.81. The maximum Gasteiger partial charge on any atom is 0.210 e. The van der Waals surface area contributed by atoms with Crippen LogP contribution in [0.3, 0.4) is 0 Å². The van der Waals surface area contributed by atoms with Gasteiger partial charge in [0, 0.05) is 12.1 Å². The first-order valence-corrected chi connectivity index (χ1v) is 5.45. The molecule has 0 saturated heterocycles. The van der Waals surface area contributed by atoms with Crippen molar-refractivity contribution in [2.75, 3.05) is 6.54 Å². The fourth-order valence-corrected chi connectivity index (χ4v) is 1.65. The number of carbonyl (C=O) groups excluding carboxylic acids is 1. The van der Waals surface area contributed by atoms with Crippen LogP contribution >= 0.6 is 0 Å². The average Bonchev–Trinajstić information content (AvgIpc) is 1.98. The second-order valence-electron chi connectivity index (χ2n) is 5.82. The van der Waals surface area contributed by atoms with Crippen LogP contribution in [0.25, 0.3) is 0 Å². The van der Waals surface area contributed by atoms with Gasteiger partial charge in [0.1, 0.15) is 0 Å². The summed E-state index contributed by atoms with van der Waals surface area (Å²) in [5, 5.41) is 0. The number of hydrogen-bond acceptors (Lipinski definition) is 1. The van der Waals surface area contributed by atoms with Crippen molar-refractivity contribution in [2.45, 2.75) is 59.9 Å². The maximum absolute atomic E-state index is 11.0. The Morgan fingerprint density at radius 2 is 1.64 bits per heavy atom. The molecule has 0 N–H and O–H groups in total. The Bertz CT molecular complexity index is 179. The van der Waals surface area contributed by atoms with Crippen molar-refractivity contribution in [1.82, 2.24) is 4.90 Å². The van der Waals surface area contributed by atoms with E-state index in [1.807, 2.05) is 4.90 Å². The lowest BCUT2D eigenvalue weighted by Gasteiger charge is -2.38. The van der Waals surface area contributed by atoms with Crippen LogP contribution in [-0.4, -0.2) is 23.4 Å². The molecule has 0 spiro atoms. The van der Waals surface area contributed by atoms with Crippen LogP contribution < -0.4 is 0 Å². The normalized spacial score (nSPS) is 12.7. The van der Waals surface area contributed by atoms with E-state index in [0.717, 1.165) is 19.4 Å². The van der Waals surface area contributed by atoms with Gasteiger partial charge in [0.2, 0.25) is 6.41 Å². The van der Waals surface area contributed by atoms with Crippen LogP contribution in [0.4, 0.5) is 0 Å². The Balaban J connectivity index is 4.39. The molecule has 0 aliphatic heterocycles. The van der Waals surface area contributed by atoms with Crippen LogP contribution in [-0.2, 0) is 4.79 Å². The lowest BCUT2D eigenvalue weighted by Crippen LogP contribution is -2.45. The van der Waals surface area contributed by atoms with Gasteiger partial charge in [-0.25, -0.2) is 0 Å². The molecule has 1 amide bonds. The third kappa shape index (κ3) is 4.64. The molecule has 0 bridgehead atoms. The minimum Gasteiger partial charge on any atom is -0.340 e. The number of rotatable bonds is 5. The molecule has 0 radical (unpaired) electrons. The van der Waals surface area contributed by atoms with Gasteiger partial charge in [-0.3, -0.25) is 4.79 Å². The zero-order chi connectivity index (χ0) is 11.4. The van der Waals surface area contributed by atoms with Gasteiger partial charge in [-0.05, 0) is 32.6 Å². The third-order valence-electron chi connectivity index (χ3n) is 2.51. The van der Waals surface area contributed by atoms with E-state index in [0.29, 0.717) is 0 Å². The van der Waals surface area contributed by atoms with E-state index < -0.39 is 0 Å². The summed E-state index contributed by atoms with van der Waals surface area (Å²) >= 11 is 0. The van der Waals surface area contributed by atoms with Gasteiger partial charge >= 0.3 is 0 Å². The molecule has 14 heavy (non-hydrogen) atoms. The zero-order valence-electron chi connectivity index (χ0n) is 10.6. The predicted molar refractivity (Wildman–Crippen MR) is 61.2 cm³/mol. The highest BCUT2D eigenvalue weighted by Gasteiger charge is 2.26. The Hall–Kier alpha value is -0.530. The van der Waals surface area contributed by atoms with Gasteiger partial charge in [-0.15, -0.1) is 0 Å².